The number of hydrogen-bond acceptors (Lipinski definition) is 5. The zero-order valence-electron chi connectivity index (χ0n) is 17.3. The molecule has 1 aliphatic carbocycles. The molecule has 1 fully saturated rings. The average molecular weight is 421 g/mol. The molecule has 0 radical (unpaired) electrons. The molecule has 4 rings (SSSR count). The Morgan fingerprint density at radius 2 is 1.77 bits per heavy atom. The van der Waals surface area contributed by atoms with Gasteiger partial charge in [0.25, 0.3) is 11.5 Å². The predicted octanol–water partition coefficient (Wildman–Crippen LogP) is 0.252. The van der Waals surface area contributed by atoms with E-state index in [-0.39, 0.29) is 28.7 Å². The smallest absolute Gasteiger partial charge is 0.332 e. The van der Waals surface area contributed by atoms with Gasteiger partial charge in [0.05, 0.1) is 5.39 Å². The summed E-state index contributed by atoms with van der Waals surface area (Å²) in [5.74, 6) is -0.802. The zero-order valence-corrected chi connectivity index (χ0v) is 17.3. The highest BCUT2D eigenvalue weighted by molar-refractivity contribution is 5.97. The highest BCUT2D eigenvalue weighted by Crippen LogP contribution is 2.19. The summed E-state index contributed by atoms with van der Waals surface area (Å²) in [5, 5.41) is 5.91. The zero-order chi connectivity index (χ0) is 22.1. The van der Waals surface area contributed by atoms with Gasteiger partial charge in [-0.25, -0.2) is 9.78 Å². The number of fused-ring (bicyclic) bond motifs is 1. The van der Waals surface area contributed by atoms with E-state index in [0.717, 1.165) is 23.0 Å². The van der Waals surface area contributed by atoms with Gasteiger partial charge in [-0.3, -0.25) is 23.5 Å². The molecule has 2 amide bonds. The second kappa shape index (κ2) is 8.17. The Labute approximate surface area is 177 Å². The van der Waals surface area contributed by atoms with Crippen molar-refractivity contribution in [2.24, 2.45) is 14.1 Å². The number of carbonyl (C=O) groups excluding carboxylic acids is 2. The lowest BCUT2D eigenvalue weighted by molar-refractivity contribution is -0.123. The van der Waals surface area contributed by atoms with E-state index in [1.165, 1.54) is 30.8 Å². The molecular formula is C22H23N5O4. The van der Waals surface area contributed by atoms with Crippen molar-refractivity contribution in [3.8, 4) is 0 Å². The number of aromatic nitrogens is 3. The summed E-state index contributed by atoms with van der Waals surface area (Å²) >= 11 is 0. The van der Waals surface area contributed by atoms with Crippen LogP contribution in [0, 0.1) is 0 Å². The van der Waals surface area contributed by atoms with Crippen LogP contribution in [0.3, 0.4) is 0 Å². The number of benzene rings is 1. The molecule has 0 aliphatic heterocycles. The summed E-state index contributed by atoms with van der Waals surface area (Å²) in [6.45, 7) is 0. The van der Waals surface area contributed by atoms with Crippen molar-refractivity contribution in [1.82, 2.24) is 24.8 Å². The minimum absolute atomic E-state index is 0.0213. The minimum atomic E-state index is -0.777. The van der Waals surface area contributed by atoms with Crippen LogP contribution in [0.15, 0.2) is 52.1 Å². The van der Waals surface area contributed by atoms with Gasteiger partial charge in [0.15, 0.2) is 0 Å². The molecular weight excluding hydrogens is 398 g/mol. The van der Waals surface area contributed by atoms with Crippen LogP contribution in [0.2, 0.25) is 0 Å². The van der Waals surface area contributed by atoms with Gasteiger partial charge < -0.3 is 10.6 Å². The van der Waals surface area contributed by atoms with Crippen molar-refractivity contribution in [2.75, 3.05) is 0 Å². The van der Waals surface area contributed by atoms with E-state index < -0.39 is 23.2 Å². The summed E-state index contributed by atoms with van der Waals surface area (Å²) < 4.78 is 2.20. The van der Waals surface area contributed by atoms with Crippen molar-refractivity contribution in [2.45, 2.75) is 31.3 Å². The van der Waals surface area contributed by atoms with Crippen molar-refractivity contribution in [1.29, 1.82) is 0 Å². The average Bonchev–Trinajstić information content (AvgIpc) is 3.60. The van der Waals surface area contributed by atoms with Crippen LogP contribution in [-0.2, 0) is 25.3 Å². The summed E-state index contributed by atoms with van der Waals surface area (Å²) in [4.78, 5) is 54.4. The topological polar surface area (TPSA) is 115 Å². The first-order valence-electron chi connectivity index (χ1n) is 10.1. The third-order valence-electron chi connectivity index (χ3n) is 5.36. The van der Waals surface area contributed by atoms with Crippen LogP contribution < -0.4 is 21.9 Å². The maximum absolute atomic E-state index is 12.9. The molecule has 0 saturated heterocycles. The lowest BCUT2D eigenvalue weighted by Crippen LogP contribution is -2.48. The lowest BCUT2D eigenvalue weighted by Gasteiger charge is -2.18. The molecule has 160 valence electrons. The number of nitrogens with one attached hydrogen (secondary N) is 2. The van der Waals surface area contributed by atoms with Crippen LogP contribution >= 0.6 is 0 Å². The molecule has 2 aromatic heterocycles. The normalized spacial score (nSPS) is 14.3. The molecule has 1 unspecified atom stereocenters. The molecule has 2 N–H and O–H groups in total. The predicted molar refractivity (Wildman–Crippen MR) is 115 cm³/mol. The molecule has 3 aromatic rings. The first kappa shape index (κ1) is 20.5. The summed E-state index contributed by atoms with van der Waals surface area (Å²) in [6, 6.07) is 11.7. The molecule has 1 saturated carbocycles. The Morgan fingerprint density at radius 1 is 1.06 bits per heavy atom. The van der Waals surface area contributed by atoms with Crippen molar-refractivity contribution < 1.29 is 9.59 Å². The Morgan fingerprint density at radius 3 is 2.45 bits per heavy atom. The van der Waals surface area contributed by atoms with E-state index >= 15 is 0 Å². The molecule has 2 heterocycles. The summed E-state index contributed by atoms with van der Waals surface area (Å²) in [7, 11) is 2.87. The number of pyridine rings is 1. The largest absolute Gasteiger partial charge is 0.352 e. The standard InChI is InChI=1S/C22H23N5O4/c1-26-18-15(21(30)27(2)22(26)31)10-11-16(24-18)19(28)25-17(20(29)23-14-8-9-14)12-13-6-4-3-5-7-13/h3-7,10-11,14,17H,8-9,12H2,1-2H3,(H,23,29)(H,25,28). The molecule has 31 heavy (non-hydrogen) atoms. The minimum Gasteiger partial charge on any atom is -0.352 e. The van der Waals surface area contributed by atoms with Gasteiger partial charge in [-0.2, -0.15) is 0 Å². The van der Waals surface area contributed by atoms with Crippen LogP contribution in [0.5, 0.6) is 0 Å². The van der Waals surface area contributed by atoms with Crippen molar-refractivity contribution >= 4 is 22.8 Å². The van der Waals surface area contributed by atoms with Gasteiger partial charge >= 0.3 is 5.69 Å². The Balaban J connectivity index is 1.63. The van der Waals surface area contributed by atoms with Crippen LogP contribution in [0.25, 0.3) is 11.0 Å². The maximum atomic E-state index is 12.9. The van der Waals surface area contributed by atoms with Crippen LogP contribution in [0.1, 0.15) is 28.9 Å². The molecule has 0 spiro atoms. The highest BCUT2D eigenvalue weighted by atomic mass is 16.2. The van der Waals surface area contributed by atoms with E-state index in [9.17, 15) is 19.2 Å². The van der Waals surface area contributed by atoms with E-state index in [1.807, 2.05) is 30.3 Å². The van der Waals surface area contributed by atoms with Crippen molar-refractivity contribution in [3.05, 3.63) is 74.6 Å². The monoisotopic (exact) mass is 421 g/mol. The SMILES string of the molecule is Cn1c(=O)c2ccc(C(=O)NC(Cc3ccccc3)C(=O)NC3CC3)nc2n(C)c1=O. The van der Waals surface area contributed by atoms with Crippen LogP contribution in [0.4, 0.5) is 0 Å². The Kier molecular flexibility index (Phi) is 5.41. The molecule has 1 atom stereocenters. The van der Waals surface area contributed by atoms with Gasteiger partial charge in [0.1, 0.15) is 17.4 Å². The molecule has 1 aromatic carbocycles. The van der Waals surface area contributed by atoms with Gasteiger partial charge in [-0.15, -0.1) is 0 Å². The highest BCUT2D eigenvalue weighted by Gasteiger charge is 2.29. The number of rotatable bonds is 6. The number of hydrogen-bond donors (Lipinski definition) is 2. The number of carbonyl (C=O) groups is 2. The van der Waals surface area contributed by atoms with E-state index in [4.69, 9.17) is 0 Å². The lowest BCUT2D eigenvalue weighted by atomic mass is 10.0. The van der Waals surface area contributed by atoms with Gasteiger partial charge in [0, 0.05) is 26.6 Å². The third-order valence-corrected chi connectivity index (χ3v) is 5.36. The molecule has 1 aliphatic rings. The fourth-order valence-electron chi connectivity index (χ4n) is 3.40. The van der Waals surface area contributed by atoms with E-state index in [1.54, 1.807) is 0 Å². The van der Waals surface area contributed by atoms with E-state index in [2.05, 4.69) is 15.6 Å². The second-order valence-electron chi connectivity index (χ2n) is 7.77. The fourth-order valence-corrected chi connectivity index (χ4v) is 3.40. The summed E-state index contributed by atoms with van der Waals surface area (Å²) in [5.41, 5.74) is 0.0311. The van der Waals surface area contributed by atoms with Crippen LogP contribution in [-0.4, -0.2) is 38.0 Å². The fraction of sp³-hybridized carbons (Fsp3) is 0.318. The third kappa shape index (κ3) is 4.25. The van der Waals surface area contributed by atoms with Gasteiger partial charge in [0.2, 0.25) is 5.91 Å². The first-order chi connectivity index (χ1) is 14.8. The second-order valence-corrected chi connectivity index (χ2v) is 7.77. The first-order valence-corrected chi connectivity index (χ1v) is 10.1. The van der Waals surface area contributed by atoms with Gasteiger partial charge in [-0.05, 0) is 30.5 Å². The van der Waals surface area contributed by atoms with E-state index in [0.29, 0.717) is 6.42 Å². The Bertz CT molecular complexity index is 1270. The summed E-state index contributed by atoms with van der Waals surface area (Å²) in [6.07, 6.45) is 2.21. The van der Waals surface area contributed by atoms with Crippen molar-refractivity contribution in [3.63, 3.8) is 0 Å². The molecule has 9 nitrogen and oxygen atoms in total. The Hall–Kier alpha value is -3.75. The maximum Gasteiger partial charge on any atom is 0.332 e. The molecule has 9 heteroatoms. The number of aryl methyl sites for hydroxylation is 1. The van der Waals surface area contributed by atoms with Gasteiger partial charge in [-0.1, -0.05) is 30.3 Å². The molecule has 0 bridgehead atoms. The quantitative estimate of drug-likeness (QED) is 0.592. The number of nitrogens with zero attached hydrogens (tertiary/aromatic N) is 3. The number of amides is 2.